The number of halogens is 1. The fourth-order valence-electron chi connectivity index (χ4n) is 6.69. The van der Waals surface area contributed by atoms with E-state index in [1.807, 2.05) is 12.1 Å². The summed E-state index contributed by atoms with van der Waals surface area (Å²) in [7, 11) is 0. The molecule has 0 radical (unpaired) electrons. The molecule has 0 bridgehead atoms. The molecule has 2 heterocycles. The van der Waals surface area contributed by atoms with E-state index in [-0.39, 0.29) is 0 Å². The molecule has 0 atom stereocenters. The Kier molecular flexibility index (Phi) is 6.00. The predicted molar refractivity (Wildman–Crippen MR) is 192 cm³/mol. The molecule has 0 saturated carbocycles. The summed E-state index contributed by atoms with van der Waals surface area (Å²) in [6.07, 6.45) is 0. The molecular formula is C42H26BrNO. The SMILES string of the molecule is Brc1ccc(-c2ccc3c4ccc(-c5ccc(-c6cccc7c6oc6ccccc67)cc5)cc4n(-c4ccccc4)c3c2)cc1. The average molecular weight is 641 g/mol. The van der Waals surface area contributed by atoms with E-state index in [4.69, 9.17) is 4.42 Å². The third kappa shape index (κ3) is 4.31. The minimum Gasteiger partial charge on any atom is -0.455 e. The molecule has 0 aliphatic rings. The van der Waals surface area contributed by atoms with Crippen LogP contribution in [0.2, 0.25) is 0 Å². The largest absolute Gasteiger partial charge is 0.455 e. The number of fused-ring (bicyclic) bond motifs is 6. The van der Waals surface area contributed by atoms with E-state index < -0.39 is 0 Å². The van der Waals surface area contributed by atoms with Gasteiger partial charge in [0.25, 0.3) is 0 Å². The van der Waals surface area contributed by atoms with Crippen molar-refractivity contribution in [3.05, 3.63) is 162 Å². The summed E-state index contributed by atoms with van der Waals surface area (Å²) in [5.74, 6) is 0. The summed E-state index contributed by atoms with van der Waals surface area (Å²) in [6, 6.07) is 56.4. The van der Waals surface area contributed by atoms with E-state index in [1.54, 1.807) is 0 Å². The summed E-state index contributed by atoms with van der Waals surface area (Å²) in [5, 5.41) is 4.79. The number of furan rings is 1. The molecule has 9 aromatic rings. The van der Waals surface area contributed by atoms with Crippen LogP contribution in [0.4, 0.5) is 0 Å². The molecule has 2 aromatic heterocycles. The molecule has 3 heteroatoms. The molecule has 0 aliphatic carbocycles. The molecule has 0 saturated heterocycles. The van der Waals surface area contributed by atoms with Gasteiger partial charge in [-0.05, 0) is 70.3 Å². The van der Waals surface area contributed by atoms with Gasteiger partial charge in [0.05, 0.1) is 11.0 Å². The summed E-state index contributed by atoms with van der Waals surface area (Å²) in [5.41, 5.74) is 12.4. The second kappa shape index (κ2) is 10.4. The summed E-state index contributed by atoms with van der Waals surface area (Å²) in [4.78, 5) is 0. The third-order valence-corrected chi connectivity index (χ3v) is 9.42. The van der Waals surface area contributed by atoms with Crippen molar-refractivity contribution >= 4 is 59.7 Å². The van der Waals surface area contributed by atoms with Crippen LogP contribution in [-0.2, 0) is 0 Å². The molecule has 0 amide bonds. The van der Waals surface area contributed by atoms with Crippen LogP contribution >= 0.6 is 15.9 Å². The van der Waals surface area contributed by atoms with Crippen molar-refractivity contribution < 1.29 is 4.42 Å². The van der Waals surface area contributed by atoms with Crippen molar-refractivity contribution in [2.24, 2.45) is 0 Å². The van der Waals surface area contributed by atoms with Crippen LogP contribution in [-0.4, -0.2) is 4.57 Å². The molecule has 0 N–H and O–H groups in total. The second-order valence-corrected chi connectivity index (χ2v) is 12.4. The maximum absolute atomic E-state index is 6.32. The van der Waals surface area contributed by atoms with E-state index in [0.29, 0.717) is 0 Å². The van der Waals surface area contributed by atoms with Gasteiger partial charge in [-0.25, -0.2) is 0 Å². The average Bonchev–Trinajstić information content (AvgIpc) is 3.64. The highest BCUT2D eigenvalue weighted by Gasteiger charge is 2.16. The van der Waals surface area contributed by atoms with E-state index in [9.17, 15) is 0 Å². The Balaban J connectivity index is 1.17. The standard InChI is InChI=1S/C42H26BrNO/c43-32-21-17-28(18-22-32)31-20-24-36-35-23-19-30(25-39(35)44(40(36)26-31)33-7-2-1-3-8-33)27-13-15-29(16-14-27)34-10-6-11-38-37-9-4-5-12-41(37)45-42(34)38/h1-26H. The molecule has 0 spiro atoms. The van der Waals surface area contributed by atoms with E-state index in [2.05, 4.69) is 166 Å². The van der Waals surface area contributed by atoms with Gasteiger partial charge in [0.2, 0.25) is 0 Å². The number of benzene rings is 7. The van der Waals surface area contributed by atoms with E-state index >= 15 is 0 Å². The number of hydrogen-bond acceptors (Lipinski definition) is 1. The van der Waals surface area contributed by atoms with Gasteiger partial charge < -0.3 is 8.98 Å². The molecule has 9 rings (SSSR count). The Bertz CT molecular complexity index is 2520. The maximum Gasteiger partial charge on any atom is 0.143 e. The zero-order chi connectivity index (χ0) is 29.9. The fourth-order valence-corrected chi connectivity index (χ4v) is 6.96. The maximum atomic E-state index is 6.32. The Labute approximate surface area is 268 Å². The minimum atomic E-state index is 0.919. The van der Waals surface area contributed by atoms with Gasteiger partial charge in [-0.2, -0.15) is 0 Å². The fraction of sp³-hybridized carbons (Fsp3) is 0. The lowest BCUT2D eigenvalue weighted by Gasteiger charge is -2.10. The third-order valence-electron chi connectivity index (χ3n) is 8.89. The van der Waals surface area contributed by atoms with E-state index in [1.165, 1.54) is 44.1 Å². The topological polar surface area (TPSA) is 18.1 Å². The zero-order valence-corrected chi connectivity index (χ0v) is 25.8. The van der Waals surface area contributed by atoms with Crippen molar-refractivity contribution in [1.29, 1.82) is 0 Å². The Morgan fingerprint density at radius 1 is 0.422 bits per heavy atom. The molecule has 0 fully saturated rings. The van der Waals surface area contributed by atoms with Crippen LogP contribution in [0.3, 0.4) is 0 Å². The number of hydrogen-bond donors (Lipinski definition) is 0. The van der Waals surface area contributed by atoms with Gasteiger partial charge in [-0.1, -0.05) is 131 Å². The lowest BCUT2D eigenvalue weighted by molar-refractivity contribution is 0.670. The van der Waals surface area contributed by atoms with Crippen molar-refractivity contribution in [3.63, 3.8) is 0 Å². The molecule has 7 aromatic carbocycles. The Hall–Kier alpha value is -5.38. The number of rotatable bonds is 4. The van der Waals surface area contributed by atoms with Crippen molar-refractivity contribution in [2.75, 3.05) is 0 Å². The Morgan fingerprint density at radius 3 is 1.67 bits per heavy atom. The van der Waals surface area contributed by atoms with Gasteiger partial charge in [-0.15, -0.1) is 0 Å². The number of nitrogens with zero attached hydrogens (tertiary/aromatic N) is 1. The summed E-state index contributed by atoms with van der Waals surface area (Å²) >= 11 is 3.57. The van der Waals surface area contributed by atoms with E-state index in [0.717, 1.165) is 43.2 Å². The minimum absolute atomic E-state index is 0.919. The lowest BCUT2D eigenvalue weighted by Crippen LogP contribution is -1.93. The van der Waals surface area contributed by atoms with Crippen LogP contribution in [0.5, 0.6) is 0 Å². The highest BCUT2D eigenvalue weighted by atomic mass is 79.9. The predicted octanol–water partition coefficient (Wildman–Crippen LogP) is 12.4. The monoisotopic (exact) mass is 639 g/mol. The van der Waals surface area contributed by atoms with Gasteiger partial charge in [0, 0.05) is 37.3 Å². The quantitative estimate of drug-likeness (QED) is 0.187. The molecule has 45 heavy (non-hydrogen) atoms. The highest BCUT2D eigenvalue weighted by molar-refractivity contribution is 9.10. The van der Waals surface area contributed by atoms with Gasteiger partial charge >= 0.3 is 0 Å². The number of aromatic nitrogens is 1. The number of para-hydroxylation sites is 3. The van der Waals surface area contributed by atoms with Gasteiger partial charge in [-0.3, -0.25) is 0 Å². The first kappa shape index (κ1) is 26.1. The van der Waals surface area contributed by atoms with Crippen molar-refractivity contribution in [3.8, 4) is 39.1 Å². The lowest BCUT2D eigenvalue weighted by atomic mass is 9.98. The first-order valence-corrected chi connectivity index (χ1v) is 15.9. The smallest absolute Gasteiger partial charge is 0.143 e. The zero-order valence-electron chi connectivity index (χ0n) is 24.2. The second-order valence-electron chi connectivity index (χ2n) is 11.5. The first-order chi connectivity index (χ1) is 22.2. The molecule has 2 nitrogen and oxygen atoms in total. The van der Waals surface area contributed by atoms with Crippen LogP contribution < -0.4 is 0 Å². The first-order valence-electron chi connectivity index (χ1n) is 15.1. The van der Waals surface area contributed by atoms with Crippen LogP contribution in [0.25, 0.3) is 82.8 Å². The Morgan fingerprint density at radius 2 is 0.978 bits per heavy atom. The van der Waals surface area contributed by atoms with Crippen molar-refractivity contribution in [1.82, 2.24) is 4.57 Å². The van der Waals surface area contributed by atoms with Crippen LogP contribution in [0, 0.1) is 0 Å². The summed E-state index contributed by atoms with van der Waals surface area (Å²) in [6.45, 7) is 0. The van der Waals surface area contributed by atoms with Crippen molar-refractivity contribution in [2.45, 2.75) is 0 Å². The molecule has 212 valence electrons. The van der Waals surface area contributed by atoms with Gasteiger partial charge in [0.1, 0.15) is 11.2 Å². The normalized spacial score (nSPS) is 11.7. The van der Waals surface area contributed by atoms with Crippen LogP contribution in [0.15, 0.2) is 167 Å². The molecule has 0 aliphatic heterocycles. The van der Waals surface area contributed by atoms with Crippen LogP contribution in [0.1, 0.15) is 0 Å². The molecular weight excluding hydrogens is 614 g/mol. The molecule has 0 unspecified atom stereocenters. The summed E-state index contributed by atoms with van der Waals surface area (Å²) < 4.78 is 9.80. The van der Waals surface area contributed by atoms with Gasteiger partial charge in [0.15, 0.2) is 0 Å². The highest BCUT2D eigenvalue weighted by Crippen LogP contribution is 2.39.